The summed E-state index contributed by atoms with van der Waals surface area (Å²) in [6.45, 7) is 14.7. The van der Waals surface area contributed by atoms with Crippen molar-refractivity contribution in [2.24, 2.45) is 0 Å². The van der Waals surface area contributed by atoms with Crippen LogP contribution in [0.5, 0.6) is 23.0 Å². The number of rotatable bonds is 54. The Hall–Kier alpha value is -6.10. The van der Waals surface area contributed by atoms with Crippen LogP contribution in [0.3, 0.4) is 0 Å². The van der Waals surface area contributed by atoms with Gasteiger partial charge in [0.15, 0.2) is 18.9 Å². The van der Waals surface area contributed by atoms with Gasteiger partial charge in [-0.15, -0.1) is 6.58 Å². The van der Waals surface area contributed by atoms with Crippen molar-refractivity contribution in [3.63, 3.8) is 0 Å². The number of ether oxygens (including phenoxy) is 11. The lowest BCUT2D eigenvalue weighted by Gasteiger charge is -2.41. The average molecular weight is 1450 g/mol. The molecule has 14 heteroatoms. The van der Waals surface area contributed by atoms with E-state index in [4.69, 9.17) is 52.1 Å². The van der Waals surface area contributed by atoms with Gasteiger partial charge in [0.05, 0.1) is 80.3 Å². The van der Waals surface area contributed by atoms with Gasteiger partial charge in [0.2, 0.25) is 0 Å². The highest BCUT2D eigenvalue weighted by Gasteiger charge is 2.37. The lowest BCUT2D eigenvalue weighted by molar-refractivity contribution is -0.276. The highest BCUT2D eigenvalue weighted by atomic mass is 16.7. The summed E-state index contributed by atoms with van der Waals surface area (Å²) in [5.74, 6) is 2.17. The minimum Gasteiger partial charge on any atom is -0.494 e. The zero-order valence-corrected chi connectivity index (χ0v) is 64.8. The fourth-order valence-corrected chi connectivity index (χ4v) is 14.8. The first-order valence-electron chi connectivity index (χ1n) is 41.5. The smallest absolute Gasteiger partial charge is 0.343 e. The lowest BCUT2D eigenvalue weighted by atomic mass is 9.94. The van der Waals surface area contributed by atoms with Crippen molar-refractivity contribution in [3.8, 4) is 45.3 Å². The van der Waals surface area contributed by atoms with Crippen LogP contribution >= 0.6 is 0 Å². The van der Waals surface area contributed by atoms with E-state index >= 15 is 0 Å². The SMILES string of the molecule is C=CCCCCCCCCCOc1ccc(-c2ccc(OCCCCCCCCCCC3OC(CC(O)CC4CC(C)OC(CCCCCCCCCCOc5ccc(-c6ccc(C(=O)Oc7ccc(C(=O)OCC)cc7)cc6)cc5)O4)CC(CC4CC(CC)OC(CCCCCCC)O4)O3)cc2)cc1. The van der Waals surface area contributed by atoms with Crippen LogP contribution in [0.25, 0.3) is 22.3 Å². The number of unbranched alkanes of at least 4 members (excludes halogenated alkanes) is 25. The molecule has 10 atom stereocenters. The molecule has 1 N–H and O–H groups in total. The Balaban J connectivity index is 0.667. The van der Waals surface area contributed by atoms with E-state index in [2.05, 4.69) is 75.9 Å². The normalized spacial score (nSPS) is 20.6. The predicted octanol–water partition coefficient (Wildman–Crippen LogP) is 23.4. The number of carbonyl (C=O) groups is 2. The van der Waals surface area contributed by atoms with E-state index in [1.807, 2.05) is 42.5 Å². The second-order valence-electron chi connectivity index (χ2n) is 29.8. The summed E-state index contributed by atoms with van der Waals surface area (Å²) < 4.78 is 68.4. The first-order chi connectivity index (χ1) is 51.5. The van der Waals surface area contributed by atoms with Crippen LogP contribution in [0, 0.1) is 0 Å². The number of hydrogen-bond acceptors (Lipinski definition) is 14. The predicted molar refractivity (Wildman–Crippen MR) is 421 cm³/mol. The van der Waals surface area contributed by atoms with Gasteiger partial charge in [0, 0.05) is 19.3 Å². The molecule has 3 fully saturated rings. The van der Waals surface area contributed by atoms with Gasteiger partial charge in [0.1, 0.15) is 23.0 Å². The molecule has 0 spiro atoms. The Morgan fingerprint density at radius 2 is 0.752 bits per heavy atom. The molecule has 8 rings (SSSR count). The summed E-state index contributed by atoms with van der Waals surface area (Å²) in [6, 6.07) is 38.6. The second-order valence-corrected chi connectivity index (χ2v) is 29.8. The monoisotopic (exact) mass is 1450 g/mol. The molecule has 3 saturated heterocycles. The van der Waals surface area contributed by atoms with Gasteiger partial charge in [-0.1, -0.05) is 203 Å². The number of allylic oxidation sites excluding steroid dienone is 1. The molecule has 3 aliphatic heterocycles. The molecular formula is C91H132O14. The lowest BCUT2D eigenvalue weighted by Crippen LogP contribution is -2.44. The third kappa shape index (κ3) is 33.5. The maximum Gasteiger partial charge on any atom is 0.343 e. The summed E-state index contributed by atoms with van der Waals surface area (Å²) in [6.07, 6.45) is 43.7. The summed E-state index contributed by atoms with van der Waals surface area (Å²) in [5, 5.41) is 11.8. The first kappa shape index (κ1) is 84.5. The van der Waals surface area contributed by atoms with Crippen LogP contribution in [0.4, 0.5) is 0 Å². The van der Waals surface area contributed by atoms with E-state index in [9.17, 15) is 14.7 Å². The van der Waals surface area contributed by atoms with Crippen molar-refractivity contribution >= 4 is 11.9 Å². The van der Waals surface area contributed by atoms with Crippen molar-refractivity contribution in [1.29, 1.82) is 0 Å². The molecule has 0 aliphatic carbocycles. The van der Waals surface area contributed by atoms with E-state index in [-0.39, 0.29) is 55.5 Å². The van der Waals surface area contributed by atoms with Gasteiger partial charge in [-0.05, 0) is 205 Å². The number of aliphatic hydroxyl groups is 1. The Labute approximate surface area is 632 Å². The van der Waals surface area contributed by atoms with Gasteiger partial charge >= 0.3 is 11.9 Å². The van der Waals surface area contributed by atoms with Crippen molar-refractivity contribution in [1.82, 2.24) is 0 Å². The van der Waals surface area contributed by atoms with Gasteiger partial charge in [-0.3, -0.25) is 0 Å². The van der Waals surface area contributed by atoms with Crippen molar-refractivity contribution in [2.45, 2.75) is 340 Å². The highest BCUT2D eigenvalue weighted by Crippen LogP contribution is 2.35. The van der Waals surface area contributed by atoms with Gasteiger partial charge < -0.3 is 57.2 Å². The van der Waals surface area contributed by atoms with Crippen molar-refractivity contribution in [2.75, 3.05) is 26.4 Å². The van der Waals surface area contributed by atoms with E-state index in [1.54, 1.807) is 43.3 Å². The number of esters is 2. The molecule has 3 heterocycles. The fraction of sp³-hybridized carbons (Fsp3) is 0.626. The van der Waals surface area contributed by atoms with Crippen LogP contribution in [0.1, 0.15) is 299 Å². The van der Waals surface area contributed by atoms with E-state index < -0.39 is 18.0 Å². The van der Waals surface area contributed by atoms with E-state index in [0.29, 0.717) is 42.9 Å². The summed E-state index contributed by atoms with van der Waals surface area (Å²) in [7, 11) is 0. The highest BCUT2D eigenvalue weighted by molar-refractivity contribution is 5.92. The van der Waals surface area contributed by atoms with Crippen LogP contribution in [-0.4, -0.2) is 105 Å². The molecule has 0 bridgehead atoms. The molecule has 0 amide bonds. The maximum atomic E-state index is 12.8. The molecule has 5 aromatic carbocycles. The Morgan fingerprint density at radius 1 is 0.410 bits per heavy atom. The third-order valence-corrected chi connectivity index (χ3v) is 20.8. The fourth-order valence-electron chi connectivity index (χ4n) is 14.8. The second kappa shape index (κ2) is 50.5. The van der Waals surface area contributed by atoms with Gasteiger partial charge in [0.25, 0.3) is 0 Å². The molecule has 3 aliphatic rings. The number of hydrogen-bond donors (Lipinski definition) is 1. The quantitative estimate of drug-likeness (QED) is 0.0170. The largest absolute Gasteiger partial charge is 0.494 e. The van der Waals surface area contributed by atoms with Crippen LogP contribution in [-0.2, 0) is 33.2 Å². The number of benzene rings is 5. The van der Waals surface area contributed by atoms with E-state index in [0.717, 1.165) is 157 Å². The van der Waals surface area contributed by atoms with E-state index in [1.165, 1.54) is 133 Å². The molecule has 105 heavy (non-hydrogen) atoms. The summed E-state index contributed by atoms with van der Waals surface area (Å²) in [4.78, 5) is 24.8. The molecule has 0 radical (unpaired) electrons. The molecule has 14 nitrogen and oxygen atoms in total. The maximum absolute atomic E-state index is 12.8. The topological polar surface area (TPSA) is 156 Å². The Bertz CT molecular complexity index is 3080. The van der Waals surface area contributed by atoms with Crippen molar-refractivity contribution < 1.29 is 66.8 Å². The summed E-state index contributed by atoms with van der Waals surface area (Å²) >= 11 is 0. The summed E-state index contributed by atoms with van der Waals surface area (Å²) in [5.41, 5.74) is 5.20. The molecule has 580 valence electrons. The Morgan fingerprint density at radius 3 is 1.18 bits per heavy atom. The van der Waals surface area contributed by atoms with Crippen molar-refractivity contribution in [3.05, 3.63) is 145 Å². The molecule has 10 unspecified atom stereocenters. The van der Waals surface area contributed by atoms with Gasteiger partial charge in [-0.2, -0.15) is 0 Å². The number of aliphatic hydroxyl groups excluding tert-OH is 1. The molecule has 0 aromatic heterocycles. The molecular weight excluding hydrogens is 1320 g/mol. The molecule has 5 aromatic rings. The zero-order valence-electron chi connectivity index (χ0n) is 64.8. The minimum atomic E-state index is -0.547. The van der Waals surface area contributed by atoms with Crippen LogP contribution in [0.2, 0.25) is 0 Å². The minimum absolute atomic E-state index is 0.000534. The first-order valence-corrected chi connectivity index (χ1v) is 41.5. The van der Waals surface area contributed by atoms with Crippen LogP contribution in [0.15, 0.2) is 134 Å². The number of carbonyl (C=O) groups excluding carboxylic acids is 2. The third-order valence-electron chi connectivity index (χ3n) is 20.8. The Kier molecular flexibility index (Phi) is 40.7. The average Bonchev–Trinajstić information content (AvgIpc) is 0.852. The zero-order chi connectivity index (χ0) is 73.7. The van der Waals surface area contributed by atoms with Gasteiger partial charge in [-0.25, -0.2) is 9.59 Å². The standard InChI is InChI=1S/C91H132O14/c1-6-10-12-14-15-18-23-29-35-61-97-80-55-47-73(48-56-80)74-49-57-81(58-50-74)98-63-37-31-25-20-17-22-28-34-40-89-102-84(68-86(104-89)69-85-67-78(8-3)100-88(103-85)39-32-26-13-11-7-2)66-77(92)65-83-64-70(5)99-87(101-83)38-33-27-21-16-19-24-30-36-62-96-79-53-45-72(46-54-79)71-41-43-76(44-42-71)91(94)105-82-59-51-75(52-60-82)90(93)95-9-4/h6,41-60,70,77-78,83-89,92H,1,7-40,61-69H2,2-5H3. The molecule has 0 saturated carbocycles. The van der Waals surface area contributed by atoms with Crippen LogP contribution < -0.4 is 18.9 Å².